The molecule has 3 heterocycles. The highest BCUT2D eigenvalue weighted by molar-refractivity contribution is 5.56. The molecule has 1 aromatic carbocycles. The standard InChI is InChI=1S/C29H38N4O3/c1-20(2)21-8-10-23(11-9-21)29(35,27(3)18-33(4)19-27)24-14-22(16-30-17-24)26-31-25(36-32-26)15-28(34)12-6-5-7-13-28/h8-11,14,16-17,20,34-35H,5-7,12-13,15,18-19H2,1-4H3/t29-/m0/s1. The molecule has 1 aliphatic carbocycles. The predicted molar refractivity (Wildman–Crippen MR) is 138 cm³/mol. The molecule has 0 radical (unpaired) electrons. The number of hydrogen-bond donors (Lipinski definition) is 2. The molecule has 0 bridgehead atoms. The van der Waals surface area contributed by atoms with Crippen LogP contribution < -0.4 is 0 Å². The van der Waals surface area contributed by atoms with Crippen LogP contribution in [0.15, 0.2) is 47.2 Å². The van der Waals surface area contributed by atoms with Gasteiger partial charge >= 0.3 is 0 Å². The second kappa shape index (κ2) is 9.36. The zero-order valence-corrected chi connectivity index (χ0v) is 21.9. The van der Waals surface area contributed by atoms with E-state index in [-0.39, 0.29) is 5.41 Å². The summed E-state index contributed by atoms with van der Waals surface area (Å²) in [6.45, 7) is 8.01. The van der Waals surface area contributed by atoms with E-state index in [9.17, 15) is 10.2 Å². The molecule has 0 amide bonds. The average molecular weight is 491 g/mol. The Hall–Kier alpha value is -2.61. The number of likely N-dealkylation sites (tertiary alicyclic amines) is 1. The van der Waals surface area contributed by atoms with Crippen LogP contribution in [0.3, 0.4) is 0 Å². The van der Waals surface area contributed by atoms with Gasteiger partial charge in [0, 0.05) is 42.0 Å². The molecular weight excluding hydrogens is 452 g/mol. The van der Waals surface area contributed by atoms with Crippen molar-refractivity contribution < 1.29 is 14.7 Å². The van der Waals surface area contributed by atoms with E-state index in [1.165, 1.54) is 5.56 Å². The summed E-state index contributed by atoms with van der Waals surface area (Å²) in [6.07, 6.45) is 8.54. The lowest BCUT2D eigenvalue weighted by Gasteiger charge is -2.55. The minimum atomic E-state index is -1.23. The van der Waals surface area contributed by atoms with Crippen molar-refractivity contribution in [1.82, 2.24) is 20.0 Å². The molecular formula is C29H38N4O3. The number of pyridine rings is 1. The van der Waals surface area contributed by atoms with Gasteiger partial charge in [-0.15, -0.1) is 0 Å². The molecule has 2 fully saturated rings. The highest BCUT2D eigenvalue weighted by Crippen LogP contribution is 2.50. The minimum Gasteiger partial charge on any atom is -0.389 e. The first-order valence-corrected chi connectivity index (χ1v) is 13.1. The lowest BCUT2D eigenvalue weighted by atomic mass is 9.62. The van der Waals surface area contributed by atoms with E-state index in [2.05, 4.69) is 60.0 Å². The van der Waals surface area contributed by atoms with E-state index in [4.69, 9.17) is 4.52 Å². The van der Waals surface area contributed by atoms with Gasteiger partial charge < -0.3 is 19.6 Å². The highest BCUT2D eigenvalue weighted by atomic mass is 16.5. The number of rotatable bonds is 7. The van der Waals surface area contributed by atoms with E-state index < -0.39 is 11.2 Å². The van der Waals surface area contributed by atoms with Gasteiger partial charge in [0.05, 0.1) is 12.0 Å². The molecule has 192 valence electrons. The SMILES string of the molecule is CC(C)c1ccc([C@](O)(c2cncc(-c3noc(CC4(O)CCCCC4)n3)c2)C2(C)CN(C)C2)cc1. The summed E-state index contributed by atoms with van der Waals surface area (Å²) in [5, 5.41) is 27.5. The third kappa shape index (κ3) is 4.49. The lowest BCUT2D eigenvalue weighted by molar-refractivity contribution is -0.127. The molecule has 1 aliphatic heterocycles. The molecule has 2 aliphatic rings. The van der Waals surface area contributed by atoms with Crippen LogP contribution >= 0.6 is 0 Å². The molecule has 1 saturated carbocycles. The second-order valence-corrected chi connectivity index (χ2v) is 11.7. The van der Waals surface area contributed by atoms with E-state index in [1.54, 1.807) is 12.4 Å². The normalized spacial score (nSPS) is 21.2. The molecule has 7 heteroatoms. The molecule has 1 atom stereocenters. The van der Waals surface area contributed by atoms with Crippen LogP contribution in [0.5, 0.6) is 0 Å². The van der Waals surface area contributed by atoms with Crippen molar-refractivity contribution in [2.75, 3.05) is 20.1 Å². The van der Waals surface area contributed by atoms with Gasteiger partial charge in [0.15, 0.2) is 0 Å². The van der Waals surface area contributed by atoms with Crippen LogP contribution in [0.25, 0.3) is 11.4 Å². The van der Waals surface area contributed by atoms with Gasteiger partial charge in [-0.05, 0) is 43.0 Å². The van der Waals surface area contributed by atoms with Gasteiger partial charge in [-0.25, -0.2) is 0 Å². The molecule has 0 spiro atoms. The van der Waals surface area contributed by atoms with Gasteiger partial charge in [-0.2, -0.15) is 4.98 Å². The van der Waals surface area contributed by atoms with E-state index in [0.717, 1.165) is 50.8 Å². The summed E-state index contributed by atoms with van der Waals surface area (Å²) in [5.74, 6) is 1.28. The van der Waals surface area contributed by atoms with Gasteiger partial charge in [0.25, 0.3) is 0 Å². The Balaban J connectivity index is 1.48. The van der Waals surface area contributed by atoms with E-state index in [0.29, 0.717) is 35.2 Å². The Morgan fingerprint density at radius 1 is 1.06 bits per heavy atom. The Labute approximate surface area is 213 Å². The largest absolute Gasteiger partial charge is 0.389 e. The first-order chi connectivity index (χ1) is 17.1. The molecule has 36 heavy (non-hydrogen) atoms. The Morgan fingerprint density at radius 2 is 1.75 bits per heavy atom. The first kappa shape index (κ1) is 25.1. The van der Waals surface area contributed by atoms with Gasteiger partial charge in [0.2, 0.25) is 11.7 Å². The number of nitrogens with zero attached hydrogens (tertiary/aromatic N) is 4. The van der Waals surface area contributed by atoms with Gasteiger partial charge in [0.1, 0.15) is 5.60 Å². The fourth-order valence-corrected chi connectivity index (χ4v) is 6.22. The number of aliphatic hydroxyl groups is 2. The molecule has 5 rings (SSSR count). The number of hydrogen-bond acceptors (Lipinski definition) is 7. The Kier molecular flexibility index (Phi) is 6.52. The van der Waals surface area contributed by atoms with Crippen molar-refractivity contribution in [3.63, 3.8) is 0 Å². The summed E-state index contributed by atoms with van der Waals surface area (Å²) >= 11 is 0. The zero-order valence-electron chi connectivity index (χ0n) is 21.9. The average Bonchev–Trinajstić information content (AvgIpc) is 3.31. The Bertz CT molecular complexity index is 1190. The molecule has 3 aromatic rings. The van der Waals surface area contributed by atoms with E-state index >= 15 is 0 Å². The molecule has 2 N–H and O–H groups in total. The van der Waals surface area contributed by atoms with Crippen molar-refractivity contribution in [3.05, 3.63) is 65.3 Å². The second-order valence-electron chi connectivity index (χ2n) is 11.7. The van der Waals surface area contributed by atoms with Crippen LogP contribution in [0, 0.1) is 5.41 Å². The van der Waals surface area contributed by atoms with Crippen molar-refractivity contribution in [1.29, 1.82) is 0 Å². The highest BCUT2D eigenvalue weighted by Gasteiger charge is 2.55. The third-order valence-corrected chi connectivity index (χ3v) is 8.25. The van der Waals surface area contributed by atoms with Crippen LogP contribution in [0.1, 0.15) is 81.4 Å². The first-order valence-electron chi connectivity index (χ1n) is 13.1. The smallest absolute Gasteiger partial charge is 0.229 e. The fraction of sp³-hybridized carbons (Fsp3) is 0.552. The van der Waals surface area contributed by atoms with Gasteiger partial charge in [-0.1, -0.05) is 69.5 Å². The summed E-state index contributed by atoms with van der Waals surface area (Å²) in [6, 6.07) is 10.2. The monoisotopic (exact) mass is 490 g/mol. The van der Waals surface area contributed by atoms with Crippen LogP contribution in [0.2, 0.25) is 0 Å². The minimum absolute atomic E-state index is 0.365. The summed E-state index contributed by atoms with van der Waals surface area (Å²) < 4.78 is 5.53. The summed E-state index contributed by atoms with van der Waals surface area (Å²) in [5.41, 5.74) is 1.11. The molecule has 0 unspecified atom stereocenters. The molecule has 2 aromatic heterocycles. The van der Waals surface area contributed by atoms with Crippen molar-refractivity contribution >= 4 is 0 Å². The molecule has 7 nitrogen and oxygen atoms in total. The van der Waals surface area contributed by atoms with Crippen LogP contribution in [0.4, 0.5) is 0 Å². The van der Waals surface area contributed by atoms with Crippen molar-refractivity contribution in [3.8, 4) is 11.4 Å². The number of benzene rings is 1. The zero-order chi connectivity index (χ0) is 25.6. The number of aromatic nitrogens is 3. The summed E-state index contributed by atoms with van der Waals surface area (Å²) in [7, 11) is 2.07. The van der Waals surface area contributed by atoms with Crippen LogP contribution in [-0.2, 0) is 12.0 Å². The maximum atomic E-state index is 12.4. The van der Waals surface area contributed by atoms with Crippen molar-refractivity contribution in [2.24, 2.45) is 5.41 Å². The maximum absolute atomic E-state index is 12.4. The topological polar surface area (TPSA) is 95.5 Å². The predicted octanol–water partition coefficient (Wildman–Crippen LogP) is 4.68. The van der Waals surface area contributed by atoms with Crippen LogP contribution in [-0.4, -0.2) is 56.0 Å². The van der Waals surface area contributed by atoms with Gasteiger partial charge in [-0.3, -0.25) is 4.98 Å². The lowest BCUT2D eigenvalue weighted by Crippen LogP contribution is -2.63. The van der Waals surface area contributed by atoms with E-state index in [1.807, 2.05) is 18.2 Å². The van der Waals surface area contributed by atoms with Crippen molar-refractivity contribution in [2.45, 2.75) is 76.4 Å². The Morgan fingerprint density at radius 3 is 2.39 bits per heavy atom. The fourth-order valence-electron chi connectivity index (χ4n) is 6.22. The quantitative estimate of drug-likeness (QED) is 0.496. The maximum Gasteiger partial charge on any atom is 0.229 e. The molecule has 1 saturated heterocycles. The summed E-state index contributed by atoms with van der Waals surface area (Å²) in [4.78, 5) is 11.3. The third-order valence-electron chi connectivity index (χ3n) is 8.25.